The number of nitrogens with one attached hydrogen (secondary N) is 3. The molecule has 4 saturated heterocycles. The number of alkyl halides is 2. The molecule has 4 fully saturated rings. The first-order valence-corrected chi connectivity index (χ1v) is 21.7. The maximum atomic E-state index is 15.6. The van der Waals surface area contributed by atoms with Gasteiger partial charge in [0.15, 0.2) is 0 Å². The fourth-order valence-corrected chi connectivity index (χ4v) is 8.92. The van der Waals surface area contributed by atoms with Crippen molar-refractivity contribution in [1.82, 2.24) is 55.7 Å². The Morgan fingerprint density at radius 1 is 0.873 bits per heavy atom. The van der Waals surface area contributed by atoms with Crippen molar-refractivity contribution in [2.75, 3.05) is 91.6 Å². The highest BCUT2D eigenvalue weighted by atomic mass is 19.3. The molecule has 8 heterocycles. The average Bonchev–Trinajstić information content (AvgIpc) is 3.96. The minimum absolute atomic E-state index is 0.142. The van der Waals surface area contributed by atoms with Crippen molar-refractivity contribution in [2.24, 2.45) is 11.8 Å². The fraction of sp³-hybridized carbons (Fsp3) is 0.512. The van der Waals surface area contributed by atoms with Crippen LogP contribution in [0.25, 0.3) is 22.3 Å². The van der Waals surface area contributed by atoms with Crippen LogP contribution >= 0.6 is 0 Å². The second-order valence-corrected chi connectivity index (χ2v) is 18.0. The zero-order valence-corrected chi connectivity index (χ0v) is 35.8. The SMILES string of the molecule is CC(C)(C)n1nnc(C(=O)NCC2CCN(c3ncnc4[nH]c(-c5ccc(N6CCN(CC7CCN(c8ccc(N9CCC(=O)NC9=O)cc8)CC7)CC6)nc5)cc34)CC2(F)F)n1. The molecule has 63 heavy (non-hydrogen) atoms. The molecule has 3 N–H and O–H groups in total. The van der Waals surface area contributed by atoms with Gasteiger partial charge in [-0.05, 0) is 93.6 Å². The Morgan fingerprint density at radius 3 is 2.30 bits per heavy atom. The molecule has 4 aromatic heterocycles. The zero-order valence-electron chi connectivity index (χ0n) is 35.8. The van der Waals surface area contributed by atoms with E-state index >= 15 is 8.78 Å². The molecule has 0 spiro atoms. The lowest BCUT2D eigenvalue weighted by atomic mass is 9.92. The van der Waals surface area contributed by atoms with Crippen LogP contribution in [0.3, 0.4) is 0 Å². The number of tetrazole rings is 1. The van der Waals surface area contributed by atoms with E-state index in [9.17, 15) is 14.4 Å². The number of pyridine rings is 1. The summed E-state index contributed by atoms with van der Waals surface area (Å²) >= 11 is 0. The lowest BCUT2D eigenvalue weighted by Crippen LogP contribution is -2.52. The lowest BCUT2D eigenvalue weighted by Gasteiger charge is -2.39. The second kappa shape index (κ2) is 17.1. The molecule has 1 atom stereocenters. The quantitative estimate of drug-likeness (QED) is 0.182. The van der Waals surface area contributed by atoms with Gasteiger partial charge in [-0.25, -0.2) is 28.5 Å². The largest absolute Gasteiger partial charge is 0.372 e. The maximum absolute atomic E-state index is 15.6. The molecular weight excluding hydrogens is 813 g/mol. The number of aromatic amines is 1. The number of hydrogen-bond acceptors (Lipinski definition) is 13. The number of rotatable bonds is 10. The van der Waals surface area contributed by atoms with Crippen molar-refractivity contribution < 1.29 is 23.2 Å². The normalized spacial score (nSPS) is 20.4. The number of urea groups is 1. The molecule has 5 aromatic rings. The van der Waals surface area contributed by atoms with Crippen LogP contribution in [0.4, 0.5) is 36.6 Å². The number of halogens is 2. The van der Waals surface area contributed by atoms with Crippen LogP contribution in [0, 0.1) is 11.8 Å². The summed E-state index contributed by atoms with van der Waals surface area (Å²) in [6.07, 6.45) is 5.92. The van der Waals surface area contributed by atoms with E-state index in [1.165, 1.54) is 11.1 Å². The molecule has 0 bridgehead atoms. The third-order valence-electron chi connectivity index (χ3n) is 12.6. The molecule has 20 heteroatoms. The van der Waals surface area contributed by atoms with Crippen LogP contribution < -0.4 is 30.2 Å². The van der Waals surface area contributed by atoms with E-state index in [4.69, 9.17) is 4.98 Å². The Bertz CT molecular complexity index is 2440. The van der Waals surface area contributed by atoms with Gasteiger partial charge in [0.2, 0.25) is 5.91 Å². The van der Waals surface area contributed by atoms with Crippen molar-refractivity contribution >= 4 is 51.9 Å². The topological polar surface area (TPSA) is 190 Å². The first kappa shape index (κ1) is 42.0. The summed E-state index contributed by atoms with van der Waals surface area (Å²) in [4.78, 5) is 65.2. The molecule has 18 nitrogen and oxygen atoms in total. The number of nitrogens with zero attached hydrogens (tertiary/aromatic N) is 12. The molecule has 0 saturated carbocycles. The van der Waals surface area contributed by atoms with E-state index in [2.05, 4.69) is 67.8 Å². The van der Waals surface area contributed by atoms with Crippen LogP contribution in [-0.4, -0.2) is 141 Å². The molecule has 4 aliphatic heterocycles. The summed E-state index contributed by atoms with van der Waals surface area (Å²) in [7, 11) is 0. The highest BCUT2D eigenvalue weighted by Crippen LogP contribution is 2.37. The van der Waals surface area contributed by atoms with Gasteiger partial charge in [-0.3, -0.25) is 24.7 Å². The number of carbonyl (C=O) groups excluding carboxylic acids is 3. The number of H-pyrrole nitrogens is 1. The van der Waals surface area contributed by atoms with Gasteiger partial charge in [0.05, 0.1) is 17.5 Å². The van der Waals surface area contributed by atoms with Crippen LogP contribution in [0.2, 0.25) is 0 Å². The van der Waals surface area contributed by atoms with Crippen LogP contribution in [0.15, 0.2) is 55.0 Å². The number of fused-ring (bicyclic) bond motifs is 1. The molecular formula is C43H53F2N15O3. The van der Waals surface area contributed by atoms with Gasteiger partial charge in [0.25, 0.3) is 17.7 Å². The minimum atomic E-state index is -3.10. The summed E-state index contributed by atoms with van der Waals surface area (Å²) in [6, 6.07) is 13.6. The lowest BCUT2D eigenvalue weighted by molar-refractivity contribution is -0.120. The Balaban J connectivity index is 0.744. The monoisotopic (exact) mass is 865 g/mol. The number of imide groups is 1. The van der Waals surface area contributed by atoms with Gasteiger partial charge in [-0.2, -0.15) is 4.80 Å². The molecule has 4 amide bonds. The number of piperidine rings is 2. The smallest absolute Gasteiger partial charge is 0.328 e. The highest BCUT2D eigenvalue weighted by Gasteiger charge is 2.45. The molecule has 332 valence electrons. The Kier molecular flexibility index (Phi) is 11.4. The van der Waals surface area contributed by atoms with Gasteiger partial charge in [0.1, 0.15) is 23.6 Å². The summed E-state index contributed by atoms with van der Waals surface area (Å²) in [6.45, 7) is 12.3. The minimum Gasteiger partial charge on any atom is -0.372 e. The predicted molar refractivity (Wildman–Crippen MR) is 233 cm³/mol. The Labute approximate surface area is 363 Å². The average molecular weight is 866 g/mol. The summed E-state index contributed by atoms with van der Waals surface area (Å²) in [5.74, 6) is -3.22. The van der Waals surface area contributed by atoms with E-state index in [1.54, 1.807) is 9.80 Å². The predicted octanol–water partition coefficient (Wildman–Crippen LogP) is 4.14. The molecule has 0 aliphatic carbocycles. The highest BCUT2D eigenvalue weighted by molar-refractivity contribution is 6.05. The van der Waals surface area contributed by atoms with E-state index in [0.29, 0.717) is 42.3 Å². The summed E-state index contributed by atoms with van der Waals surface area (Å²) in [5, 5.41) is 17.4. The number of aromatic nitrogens is 8. The number of benzene rings is 1. The van der Waals surface area contributed by atoms with E-state index in [0.717, 1.165) is 87.1 Å². The Hall–Kier alpha value is -6.31. The number of anilines is 4. The number of piperazine rings is 1. The first-order chi connectivity index (χ1) is 30.3. The number of hydrogen-bond donors (Lipinski definition) is 3. The van der Waals surface area contributed by atoms with Crippen LogP contribution in [0.1, 0.15) is 57.1 Å². The number of amides is 4. The summed E-state index contributed by atoms with van der Waals surface area (Å²) < 4.78 is 31.2. The van der Waals surface area contributed by atoms with Gasteiger partial charge in [-0.1, -0.05) is 0 Å². The van der Waals surface area contributed by atoms with E-state index in [1.807, 2.05) is 57.3 Å². The molecule has 4 aliphatic rings. The third-order valence-corrected chi connectivity index (χ3v) is 12.6. The van der Waals surface area contributed by atoms with E-state index < -0.39 is 29.8 Å². The van der Waals surface area contributed by atoms with Crippen LogP contribution in [-0.2, 0) is 10.3 Å². The van der Waals surface area contributed by atoms with Crippen LogP contribution in [0.5, 0.6) is 0 Å². The van der Waals surface area contributed by atoms with Crippen molar-refractivity contribution in [2.45, 2.75) is 57.9 Å². The van der Waals surface area contributed by atoms with Gasteiger partial charge >= 0.3 is 6.03 Å². The van der Waals surface area contributed by atoms with Crippen molar-refractivity contribution in [3.63, 3.8) is 0 Å². The van der Waals surface area contributed by atoms with Gasteiger partial charge in [0, 0.05) is 107 Å². The van der Waals surface area contributed by atoms with Crippen molar-refractivity contribution in [3.05, 3.63) is 60.8 Å². The summed E-state index contributed by atoms with van der Waals surface area (Å²) in [5.41, 5.74) is 3.65. The Morgan fingerprint density at radius 2 is 1.62 bits per heavy atom. The fourth-order valence-electron chi connectivity index (χ4n) is 8.92. The number of carbonyl (C=O) groups is 3. The van der Waals surface area contributed by atoms with E-state index in [-0.39, 0.29) is 30.7 Å². The van der Waals surface area contributed by atoms with Crippen molar-refractivity contribution in [1.29, 1.82) is 0 Å². The van der Waals surface area contributed by atoms with Gasteiger partial charge < -0.3 is 25.0 Å². The van der Waals surface area contributed by atoms with Crippen molar-refractivity contribution in [3.8, 4) is 11.3 Å². The molecule has 1 aromatic carbocycles. The standard InChI is InChI=1S/C43H53F2N15O3/c1-42(2,3)60-53-38(52-54-60)40(62)47-24-30-12-16-58(26-43(30,44)45)39-33-22-34(50-37(33)48-27-49-39)29-4-9-35(46-23-29)57-20-18-55(19-21-57)25-28-10-14-56(15-11-28)31-5-7-32(8-6-31)59-17-13-36(61)51-41(59)63/h4-9,22-23,27-28,30H,10-21,24-26H2,1-3H3,(H,47,62)(H,48,49,50)(H,51,61,63). The zero-order chi connectivity index (χ0) is 43.9. The maximum Gasteiger partial charge on any atom is 0.328 e. The first-order valence-electron chi connectivity index (χ1n) is 21.7. The molecule has 0 radical (unpaired) electrons. The van der Waals surface area contributed by atoms with Gasteiger partial charge in [-0.15, -0.1) is 10.2 Å². The third kappa shape index (κ3) is 9.12. The molecule has 9 rings (SSSR count). The molecule has 1 unspecified atom stereocenters. The second-order valence-electron chi connectivity index (χ2n) is 18.0.